The lowest BCUT2D eigenvalue weighted by molar-refractivity contribution is -0.384. The zero-order valence-electron chi connectivity index (χ0n) is 13.7. The lowest BCUT2D eigenvalue weighted by atomic mass is 9.86. The number of aromatic nitrogens is 2. The number of carbonyl (C=O) groups excluding carboxylic acids is 1. The number of anilines is 1. The fourth-order valence-electron chi connectivity index (χ4n) is 2.93. The predicted molar refractivity (Wildman–Crippen MR) is 94.1 cm³/mol. The number of amides is 1. The van der Waals surface area contributed by atoms with Gasteiger partial charge >= 0.3 is 0 Å². The number of nitrogens with zero attached hydrogens (tertiary/aromatic N) is 3. The molecule has 0 fully saturated rings. The average Bonchev–Trinajstić information content (AvgIpc) is 2.59. The molecule has 2 aromatic rings. The van der Waals surface area contributed by atoms with Crippen LogP contribution in [0.5, 0.6) is 0 Å². The number of non-ortho nitro benzene ring substituents is 1. The molecule has 3 rings (SSSR count). The van der Waals surface area contributed by atoms with Crippen molar-refractivity contribution >= 4 is 29.2 Å². The van der Waals surface area contributed by atoms with Gasteiger partial charge in [0.25, 0.3) is 11.2 Å². The Hall–Kier alpha value is -2.68. The third kappa shape index (κ3) is 3.14. The zero-order valence-corrected chi connectivity index (χ0v) is 14.5. The number of nitro groups is 1. The normalized spacial score (nSPS) is 16.2. The average molecular weight is 360 g/mol. The van der Waals surface area contributed by atoms with Crippen molar-refractivity contribution in [2.24, 2.45) is 7.05 Å². The number of rotatable bonds is 4. The van der Waals surface area contributed by atoms with Crippen LogP contribution in [0.15, 0.2) is 34.2 Å². The van der Waals surface area contributed by atoms with Gasteiger partial charge in [-0.3, -0.25) is 19.7 Å². The number of nitrogens with one attached hydrogen (secondary N) is 1. The van der Waals surface area contributed by atoms with Gasteiger partial charge in [-0.05, 0) is 11.3 Å². The van der Waals surface area contributed by atoms with Crippen molar-refractivity contribution in [3.8, 4) is 0 Å². The van der Waals surface area contributed by atoms with Gasteiger partial charge < -0.3 is 9.88 Å². The Balaban J connectivity index is 2.18. The van der Waals surface area contributed by atoms with Gasteiger partial charge in [-0.2, -0.15) is 4.98 Å². The maximum atomic E-state index is 12.6. The molecule has 0 aliphatic carbocycles. The molecule has 1 aliphatic rings. The molecular weight excluding hydrogens is 344 g/mol. The molecule has 9 heteroatoms. The summed E-state index contributed by atoms with van der Waals surface area (Å²) in [7, 11) is 1.74. The van der Waals surface area contributed by atoms with Gasteiger partial charge in [0.15, 0.2) is 5.16 Å². The largest absolute Gasteiger partial charge is 0.312 e. The van der Waals surface area contributed by atoms with Gasteiger partial charge in [-0.15, -0.1) is 0 Å². The molecule has 0 saturated heterocycles. The Morgan fingerprint density at radius 3 is 2.88 bits per heavy atom. The molecule has 1 aromatic carbocycles. The van der Waals surface area contributed by atoms with Crippen molar-refractivity contribution in [3.05, 3.63) is 55.9 Å². The number of carbonyl (C=O) groups is 1. The summed E-state index contributed by atoms with van der Waals surface area (Å²) in [6, 6.07) is 6.03. The van der Waals surface area contributed by atoms with Crippen LogP contribution >= 0.6 is 11.8 Å². The maximum Gasteiger partial charge on any atom is 0.279 e. The molecule has 1 unspecified atom stereocenters. The van der Waals surface area contributed by atoms with E-state index in [4.69, 9.17) is 0 Å². The van der Waals surface area contributed by atoms with E-state index in [0.717, 1.165) is 5.75 Å². The van der Waals surface area contributed by atoms with Crippen LogP contribution < -0.4 is 10.9 Å². The summed E-state index contributed by atoms with van der Waals surface area (Å²) in [6.45, 7) is 1.95. The first-order chi connectivity index (χ1) is 11.9. The number of benzene rings is 1. The first-order valence-corrected chi connectivity index (χ1v) is 8.68. The third-order valence-corrected chi connectivity index (χ3v) is 4.97. The highest BCUT2D eigenvalue weighted by atomic mass is 32.2. The van der Waals surface area contributed by atoms with Crippen molar-refractivity contribution in [2.45, 2.75) is 24.4 Å². The summed E-state index contributed by atoms with van der Waals surface area (Å²) >= 11 is 1.40. The third-order valence-electron chi connectivity index (χ3n) is 4.06. The van der Waals surface area contributed by atoms with E-state index < -0.39 is 16.4 Å². The Bertz CT molecular complexity index is 925. The van der Waals surface area contributed by atoms with Crippen molar-refractivity contribution < 1.29 is 9.72 Å². The van der Waals surface area contributed by atoms with E-state index >= 15 is 0 Å². The molecule has 0 bridgehead atoms. The molecule has 0 saturated carbocycles. The standard InChI is InChI=1S/C16H16N4O4S/c1-3-25-16-18-15(22)13-11(8-12(21)17-14(13)19(16)2)9-5-4-6-10(7-9)20(23)24/h4-7,11H,3,8H2,1-2H3,(H,17,21). The van der Waals surface area contributed by atoms with Crippen LogP contribution in [0, 0.1) is 10.1 Å². The fraction of sp³-hybridized carbons (Fsp3) is 0.312. The molecule has 1 aromatic heterocycles. The topological polar surface area (TPSA) is 107 Å². The molecule has 8 nitrogen and oxygen atoms in total. The van der Waals surface area contributed by atoms with Crippen LogP contribution in [0.2, 0.25) is 0 Å². The Morgan fingerprint density at radius 1 is 1.44 bits per heavy atom. The molecule has 1 amide bonds. The molecule has 130 valence electrons. The molecule has 1 atom stereocenters. The number of fused-ring (bicyclic) bond motifs is 1. The van der Waals surface area contributed by atoms with E-state index in [2.05, 4.69) is 10.3 Å². The minimum atomic E-state index is -0.560. The fourth-order valence-corrected chi connectivity index (χ4v) is 3.62. The quantitative estimate of drug-likeness (QED) is 0.388. The molecular formula is C16H16N4O4S. The van der Waals surface area contributed by atoms with E-state index in [1.54, 1.807) is 23.7 Å². The van der Waals surface area contributed by atoms with Crippen molar-refractivity contribution in [1.29, 1.82) is 0 Å². The summed E-state index contributed by atoms with van der Waals surface area (Å²) in [5.74, 6) is 0.346. The number of hydrogen-bond donors (Lipinski definition) is 1. The highest BCUT2D eigenvalue weighted by molar-refractivity contribution is 7.99. The second kappa shape index (κ2) is 6.67. The molecule has 2 heterocycles. The second-order valence-corrected chi connectivity index (χ2v) is 6.84. The first-order valence-electron chi connectivity index (χ1n) is 7.70. The highest BCUT2D eigenvalue weighted by Crippen LogP contribution is 2.36. The molecule has 0 radical (unpaired) electrons. The van der Waals surface area contributed by atoms with Gasteiger partial charge in [0.2, 0.25) is 5.91 Å². The predicted octanol–water partition coefficient (Wildman–Crippen LogP) is 2.27. The number of hydrogen-bond acceptors (Lipinski definition) is 6. The van der Waals surface area contributed by atoms with Crippen molar-refractivity contribution in [3.63, 3.8) is 0 Å². The summed E-state index contributed by atoms with van der Waals surface area (Å²) in [6.07, 6.45) is 0.0470. The van der Waals surface area contributed by atoms with Gasteiger partial charge in [-0.1, -0.05) is 30.8 Å². The Morgan fingerprint density at radius 2 is 2.20 bits per heavy atom. The van der Waals surface area contributed by atoms with E-state index in [0.29, 0.717) is 22.1 Å². The number of thioether (sulfide) groups is 1. The Labute approximate surface area is 147 Å². The van der Waals surface area contributed by atoms with E-state index in [1.165, 1.54) is 23.9 Å². The molecule has 1 N–H and O–H groups in total. The van der Waals surface area contributed by atoms with Crippen molar-refractivity contribution in [1.82, 2.24) is 9.55 Å². The monoisotopic (exact) mass is 360 g/mol. The molecule has 0 spiro atoms. The number of nitro benzene ring substituents is 1. The van der Waals surface area contributed by atoms with Crippen LogP contribution in [0.1, 0.15) is 30.4 Å². The summed E-state index contributed by atoms with van der Waals surface area (Å²) in [5.41, 5.74) is 0.427. The van der Waals surface area contributed by atoms with Crippen LogP contribution in [0.3, 0.4) is 0 Å². The van der Waals surface area contributed by atoms with Gasteiger partial charge in [-0.25, -0.2) is 0 Å². The first kappa shape index (κ1) is 17.2. The Kier molecular flexibility index (Phi) is 4.58. The lowest BCUT2D eigenvalue weighted by Crippen LogP contribution is -2.33. The highest BCUT2D eigenvalue weighted by Gasteiger charge is 2.32. The van der Waals surface area contributed by atoms with Crippen molar-refractivity contribution in [2.75, 3.05) is 11.1 Å². The van der Waals surface area contributed by atoms with Gasteiger partial charge in [0.1, 0.15) is 5.82 Å². The van der Waals surface area contributed by atoms with Crippen LogP contribution in [0.4, 0.5) is 11.5 Å². The van der Waals surface area contributed by atoms with E-state index in [-0.39, 0.29) is 18.0 Å². The smallest absolute Gasteiger partial charge is 0.279 e. The maximum absolute atomic E-state index is 12.6. The second-order valence-electron chi connectivity index (χ2n) is 5.61. The van der Waals surface area contributed by atoms with Crippen LogP contribution in [-0.4, -0.2) is 26.1 Å². The molecule has 25 heavy (non-hydrogen) atoms. The summed E-state index contributed by atoms with van der Waals surface area (Å²) < 4.78 is 1.69. The molecule has 1 aliphatic heterocycles. The zero-order chi connectivity index (χ0) is 18.1. The van der Waals surface area contributed by atoms with Crippen LogP contribution in [0.25, 0.3) is 0 Å². The lowest BCUT2D eigenvalue weighted by Gasteiger charge is -2.27. The summed E-state index contributed by atoms with van der Waals surface area (Å²) in [5, 5.41) is 14.3. The minimum Gasteiger partial charge on any atom is -0.312 e. The van der Waals surface area contributed by atoms with Gasteiger partial charge in [0.05, 0.1) is 10.5 Å². The summed E-state index contributed by atoms with van der Waals surface area (Å²) in [4.78, 5) is 39.4. The van der Waals surface area contributed by atoms with Gasteiger partial charge in [0, 0.05) is 31.5 Å². The van der Waals surface area contributed by atoms with E-state index in [9.17, 15) is 19.7 Å². The minimum absolute atomic E-state index is 0.0470. The van der Waals surface area contributed by atoms with Crippen LogP contribution in [-0.2, 0) is 11.8 Å². The SMILES string of the molecule is CCSc1nc(=O)c2c(n1C)NC(=O)CC2c1cccc([N+](=O)[O-])c1. The van der Waals surface area contributed by atoms with E-state index in [1.807, 2.05) is 6.92 Å².